The summed E-state index contributed by atoms with van der Waals surface area (Å²) < 4.78 is 5.53. The Balaban J connectivity index is 1.91. The van der Waals surface area contributed by atoms with Crippen LogP contribution in [0.25, 0.3) is 0 Å². The molecule has 0 saturated heterocycles. The minimum atomic E-state index is -0.918. The van der Waals surface area contributed by atoms with Crippen LogP contribution in [0.4, 0.5) is 4.79 Å². The van der Waals surface area contributed by atoms with Crippen molar-refractivity contribution in [2.75, 3.05) is 20.7 Å². The summed E-state index contributed by atoms with van der Waals surface area (Å²) in [5, 5.41) is 8.97. The fourth-order valence-corrected chi connectivity index (χ4v) is 2.04. The maximum absolute atomic E-state index is 11.3. The summed E-state index contributed by atoms with van der Waals surface area (Å²) in [6, 6.07) is 5.54. The number of nitrogens with zero attached hydrogens (tertiary/aromatic N) is 2. The lowest BCUT2D eigenvalue weighted by atomic mass is 10.1. The van der Waals surface area contributed by atoms with Crippen molar-refractivity contribution in [2.24, 2.45) is 0 Å². The second-order valence-corrected chi connectivity index (χ2v) is 5.02. The van der Waals surface area contributed by atoms with Gasteiger partial charge in [0, 0.05) is 33.3 Å². The quantitative estimate of drug-likeness (QED) is 0.857. The Hall–Kier alpha value is -2.50. The number of likely N-dealkylation sites (N-methyl/N-ethyl adjacent to an activating group) is 1. The van der Waals surface area contributed by atoms with E-state index in [-0.39, 0.29) is 5.91 Å². The standard InChI is InChI=1S/C15H18N2O4/c1-16(2)14(18)4-3-7-21-13-6-5-11-9-17(15(19)20)10-12(11)8-13/h3-6,8H,7,9-10H2,1-2H3,(H,19,20). The second kappa shape index (κ2) is 6.30. The number of carboxylic acid groups (broad SMARTS) is 1. The van der Waals surface area contributed by atoms with E-state index in [2.05, 4.69) is 0 Å². The number of ether oxygens (including phenoxy) is 1. The molecule has 0 saturated carbocycles. The summed E-state index contributed by atoms with van der Waals surface area (Å²) in [6.07, 6.45) is 2.19. The number of benzene rings is 1. The van der Waals surface area contributed by atoms with Crippen LogP contribution in [0.5, 0.6) is 5.75 Å². The predicted octanol–water partition coefficient (Wildman–Crippen LogP) is 1.70. The van der Waals surface area contributed by atoms with Gasteiger partial charge >= 0.3 is 6.09 Å². The Labute approximate surface area is 123 Å². The topological polar surface area (TPSA) is 70.1 Å². The number of amides is 2. The molecular formula is C15H18N2O4. The Morgan fingerprint density at radius 2 is 2.05 bits per heavy atom. The highest BCUT2D eigenvalue weighted by Crippen LogP contribution is 2.26. The zero-order valence-corrected chi connectivity index (χ0v) is 12.1. The molecule has 1 aliphatic heterocycles. The van der Waals surface area contributed by atoms with Crippen molar-refractivity contribution in [2.45, 2.75) is 13.1 Å². The van der Waals surface area contributed by atoms with Gasteiger partial charge in [-0.3, -0.25) is 9.69 Å². The average molecular weight is 290 g/mol. The van der Waals surface area contributed by atoms with Crippen molar-refractivity contribution in [1.82, 2.24) is 9.80 Å². The van der Waals surface area contributed by atoms with Crippen LogP contribution in [0, 0.1) is 0 Å². The zero-order valence-electron chi connectivity index (χ0n) is 12.1. The summed E-state index contributed by atoms with van der Waals surface area (Å²) in [4.78, 5) is 25.1. The Bertz CT molecular complexity index is 581. The first-order valence-electron chi connectivity index (χ1n) is 6.57. The number of rotatable bonds is 4. The lowest BCUT2D eigenvalue weighted by Gasteiger charge is -2.08. The number of hydrogen-bond donors (Lipinski definition) is 1. The lowest BCUT2D eigenvalue weighted by Crippen LogP contribution is -2.22. The van der Waals surface area contributed by atoms with Crippen molar-refractivity contribution >= 4 is 12.0 Å². The minimum Gasteiger partial charge on any atom is -0.490 e. The maximum Gasteiger partial charge on any atom is 0.407 e. The van der Waals surface area contributed by atoms with Gasteiger partial charge in [-0.15, -0.1) is 0 Å². The van der Waals surface area contributed by atoms with Crippen LogP contribution in [0.1, 0.15) is 11.1 Å². The SMILES string of the molecule is CN(C)C(=O)C=CCOc1ccc2c(c1)CN(C(=O)O)C2. The highest BCUT2D eigenvalue weighted by atomic mass is 16.5. The number of hydrogen-bond acceptors (Lipinski definition) is 3. The fourth-order valence-electron chi connectivity index (χ4n) is 2.04. The molecule has 0 fully saturated rings. The summed E-state index contributed by atoms with van der Waals surface area (Å²) in [5.41, 5.74) is 1.96. The molecule has 0 aromatic heterocycles. The molecule has 0 spiro atoms. The van der Waals surface area contributed by atoms with Gasteiger partial charge < -0.3 is 14.7 Å². The summed E-state index contributed by atoms with van der Waals surface area (Å²) in [5.74, 6) is 0.576. The highest BCUT2D eigenvalue weighted by Gasteiger charge is 2.22. The van der Waals surface area contributed by atoms with E-state index in [4.69, 9.17) is 9.84 Å². The van der Waals surface area contributed by atoms with Gasteiger partial charge in [-0.05, 0) is 29.3 Å². The van der Waals surface area contributed by atoms with Gasteiger partial charge in [-0.2, -0.15) is 0 Å². The van der Waals surface area contributed by atoms with Crippen molar-refractivity contribution in [1.29, 1.82) is 0 Å². The van der Waals surface area contributed by atoms with Crippen molar-refractivity contribution < 1.29 is 19.4 Å². The normalized spacial score (nSPS) is 13.3. The largest absolute Gasteiger partial charge is 0.490 e. The molecule has 6 nitrogen and oxygen atoms in total. The van der Waals surface area contributed by atoms with Crippen LogP contribution in [-0.2, 0) is 17.9 Å². The average Bonchev–Trinajstić information content (AvgIpc) is 2.86. The third-order valence-electron chi connectivity index (χ3n) is 3.22. The first-order chi connectivity index (χ1) is 9.97. The maximum atomic E-state index is 11.3. The van der Waals surface area contributed by atoms with Crippen molar-refractivity contribution in [3.05, 3.63) is 41.5 Å². The molecule has 0 atom stereocenters. The van der Waals surface area contributed by atoms with Gasteiger partial charge in [0.05, 0.1) is 0 Å². The van der Waals surface area contributed by atoms with Crippen LogP contribution in [0.2, 0.25) is 0 Å². The van der Waals surface area contributed by atoms with Crippen LogP contribution in [-0.4, -0.2) is 47.6 Å². The Kier molecular flexibility index (Phi) is 4.47. The molecule has 2 amide bonds. The Morgan fingerprint density at radius 1 is 1.33 bits per heavy atom. The Morgan fingerprint density at radius 3 is 2.71 bits per heavy atom. The first kappa shape index (κ1) is 14.9. The monoisotopic (exact) mass is 290 g/mol. The van der Waals surface area contributed by atoms with Crippen molar-refractivity contribution in [3.63, 3.8) is 0 Å². The van der Waals surface area contributed by atoms with Crippen LogP contribution < -0.4 is 4.74 Å². The van der Waals surface area contributed by atoms with E-state index in [1.54, 1.807) is 20.2 Å². The smallest absolute Gasteiger partial charge is 0.407 e. The van der Waals surface area contributed by atoms with E-state index in [1.807, 2.05) is 18.2 Å². The molecule has 1 aromatic carbocycles. The van der Waals surface area contributed by atoms with Gasteiger partial charge in [0.15, 0.2) is 0 Å². The predicted molar refractivity (Wildman–Crippen MR) is 77.0 cm³/mol. The molecule has 6 heteroatoms. The van der Waals surface area contributed by atoms with Crippen LogP contribution in [0.3, 0.4) is 0 Å². The number of fused-ring (bicyclic) bond motifs is 1. The zero-order chi connectivity index (χ0) is 15.4. The summed E-state index contributed by atoms with van der Waals surface area (Å²) in [7, 11) is 3.37. The third kappa shape index (κ3) is 3.75. The molecule has 0 unspecified atom stereocenters. The molecule has 0 aliphatic carbocycles. The van der Waals surface area contributed by atoms with E-state index in [9.17, 15) is 9.59 Å². The van der Waals surface area contributed by atoms with E-state index >= 15 is 0 Å². The summed E-state index contributed by atoms with van der Waals surface area (Å²) in [6.45, 7) is 1.10. The molecule has 21 heavy (non-hydrogen) atoms. The van der Waals surface area contributed by atoms with Crippen LogP contribution >= 0.6 is 0 Å². The number of carbonyl (C=O) groups is 2. The van der Waals surface area contributed by atoms with Crippen LogP contribution in [0.15, 0.2) is 30.4 Å². The molecule has 0 radical (unpaired) electrons. The summed E-state index contributed by atoms with van der Waals surface area (Å²) >= 11 is 0. The minimum absolute atomic E-state index is 0.0929. The lowest BCUT2D eigenvalue weighted by molar-refractivity contribution is -0.123. The van der Waals surface area contributed by atoms with E-state index in [0.717, 1.165) is 11.1 Å². The second-order valence-electron chi connectivity index (χ2n) is 5.02. The number of carbonyl (C=O) groups excluding carboxylic acids is 1. The van der Waals surface area contributed by atoms with Gasteiger partial charge in [-0.1, -0.05) is 6.07 Å². The molecule has 1 heterocycles. The molecule has 1 N–H and O–H groups in total. The fraction of sp³-hybridized carbons (Fsp3) is 0.333. The first-order valence-corrected chi connectivity index (χ1v) is 6.57. The third-order valence-corrected chi connectivity index (χ3v) is 3.22. The van der Waals surface area contributed by atoms with E-state index in [0.29, 0.717) is 25.4 Å². The van der Waals surface area contributed by atoms with Gasteiger partial charge in [0.25, 0.3) is 0 Å². The molecule has 112 valence electrons. The van der Waals surface area contributed by atoms with Crippen molar-refractivity contribution in [3.8, 4) is 5.75 Å². The van der Waals surface area contributed by atoms with E-state index in [1.165, 1.54) is 15.9 Å². The van der Waals surface area contributed by atoms with E-state index < -0.39 is 6.09 Å². The molecule has 0 bridgehead atoms. The molecule has 2 rings (SSSR count). The molecule has 1 aliphatic rings. The van der Waals surface area contributed by atoms with Gasteiger partial charge in [0.2, 0.25) is 5.91 Å². The molecular weight excluding hydrogens is 272 g/mol. The van der Waals surface area contributed by atoms with Gasteiger partial charge in [-0.25, -0.2) is 4.79 Å². The van der Waals surface area contributed by atoms with Gasteiger partial charge in [0.1, 0.15) is 12.4 Å². The molecule has 1 aromatic rings. The highest BCUT2D eigenvalue weighted by molar-refractivity contribution is 5.87.